The Morgan fingerprint density at radius 3 is 2.69 bits per heavy atom. The fraction of sp³-hybridized carbons (Fsp3) is 0.474. The number of piperazine rings is 1. The number of fused-ring (bicyclic) bond motifs is 3. The predicted molar refractivity (Wildman–Crippen MR) is 103 cm³/mol. The number of hydrogen-bond acceptors (Lipinski definition) is 7. The molecule has 4 heterocycles. The number of rotatable bonds is 4. The lowest BCUT2D eigenvalue weighted by molar-refractivity contribution is -0.137. The minimum atomic E-state index is -4.58. The van der Waals surface area contributed by atoms with Crippen LogP contribution in [0.1, 0.15) is 24.0 Å². The van der Waals surface area contributed by atoms with Gasteiger partial charge in [0.25, 0.3) is 6.01 Å². The molecule has 6 nitrogen and oxygen atoms in total. The molecule has 5 rings (SSSR count). The summed E-state index contributed by atoms with van der Waals surface area (Å²) in [6.45, 7) is 1.16. The van der Waals surface area contributed by atoms with E-state index in [1.165, 1.54) is 24.5 Å². The molecular weight excluding hydrogens is 405 g/mol. The van der Waals surface area contributed by atoms with Crippen molar-refractivity contribution in [3.05, 3.63) is 28.8 Å². The number of nitrogens with one attached hydrogen (secondary N) is 1. The van der Waals surface area contributed by atoms with Crippen molar-refractivity contribution in [1.29, 1.82) is 0 Å². The summed E-state index contributed by atoms with van der Waals surface area (Å²) >= 11 is 1.34. The standard InChI is InChI=1S/C19H19F3N4O2S/c1-27-9-10-6-13(17-23-4-5-29-17)16-15(14(10)19(20,21)22)25-18(28-16)26-7-11-2-3-12(8-26)24-11/h4-6,11-12,24H,2-3,7-9H2,1H3. The van der Waals surface area contributed by atoms with E-state index in [0.29, 0.717) is 35.7 Å². The van der Waals surface area contributed by atoms with E-state index in [4.69, 9.17) is 9.15 Å². The maximum absolute atomic E-state index is 14.0. The zero-order valence-corrected chi connectivity index (χ0v) is 16.4. The summed E-state index contributed by atoms with van der Waals surface area (Å²) in [4.78, 5) is 10.6. The number of anilines is 1. The van der Waals surface area contributed by atoms with E-state index in [1.807, 2.05) is 4.90 Å². The van der Waals surface area contributed by atoms with Crippen molar-refractivity contribution in [1.82, 2.24) is 15.3 Å². The molecule has 2 aliphatic heterocycles. The molecule has 2 bridgehead atoms. The van der Waals surface area contributed by atoms with Crippen LogP contribution in [0.25, 0.3) is 21.7 Å². The average molecular weight is 424 g/mol. The highest BCUT2D eigenvalue weighted by Crippen LogP contribution is 2.43. The van der Waals surface area contributed by atoms with Gasteiger partial charge in [-0.2, -0.15) is 18.2 Å². The van der Waals surface area contributed by atoms with Crippen LogP contribution in [0.3, 0.4) is 0 Å². The number of methoxy groups -OCH3 is 1. The van der Waals surface area contributed by atoms with Crippen LogP contribution < -0.4 is 10.2 Å². The van der Waals surface area contributed by atoms with Gasteiger partial charge >= 0.3 is 6.18 Å². The number of oxazole rings is 1. The number of thiazole rings is 1. The highest BCUT2D eigenvalue weighted by molar-refractivity contribution is 7.13. The first kappa shape index (κ1) is 18.8. The fourth-order valence-corrected chi connectivity index (χ4v) is 4.97. The maximum Gasteiger partial charge on any atom is 0.418 e. The molecule has 2 aliphatic rings. The zero-order chi connectivity index (χ0) is 20.2. The van der Waals surface area contributed by atoms with Crippen molar-refractivity contribution >= 4 is 28.5 Å². The molecule has 0 radical (unpaired) electrons. The number of ether oxygens (including phenoxy) is 1. The molecule has 2 fully saturated rings. The van der Waals surface area contributed by atoms with Gasteiger partial charge in [0, 0.05) is 43.9 Å². The monoisotopic (exact) mass is 424 g/mol. The predicted octanol–water partition coefficient (Wildman–Crippen LogP) is 4.06. The first-order valence-corrected chi connectivity index (χ1v) is 10.3. The van der Waals surface area contributed by atoms with E-state index < -0.39 is 11.7 Å². The molecule has 3 aromatic rings. The number of nitrogens with zero attached hydrogens (tertiary/aromatic N) is 3. The van der Waals surface area contributed by atoms with Crippen molar-refractivity contribution in [3.63, 3.8) is 0 Å². The van der Waals surface area contributed by atoms with E-state index in [-0.39, 0.29) is 29.3 Å². The van der Waals surface area contributed by atoms with Crippen LogP contribution in [0.5, 0.6) is 0 Å². The normalized spacial score (nSPS) is 22.0. The van der Waals surface area contributed by atoms with Crippen LogP contribution in [-0.2, 0) is 17.5 Å². The third kappa shape index (κ3) is 3.28. The lowest BCUT2D eigenvalue weighted by Gasteiger charge is -2.31. The molecule has 29 heavy (non-hydrogen) atoms. The number of aromatic nitrogens is 2. The summed E-state index contributed by atoms with van der Waals surface area (Å²) in [6.07, 6.45) is -0.857. The van der Waals surface area contributed by atoms with Gasteiger partial charge in [0.1, 0.15) is 10.5 Å². The number of hydrogen-bond donors (Lipinski definition) is 1. The molecular formula is C19H19F3N4O2S. The summed E-state index contributed by atoms with van der Waals surface area (Å²) in [6, 6.07) is 2.32. The van der Waals surface area contributed by atoms with E-state index in [2.05, 4.69) is 15.3 Å². The third-order valence-corrected chi connectivity index (χ3v) is 6.28. The summed E-state index contributed by atoms with van der Waals surface area (Å²) < 4.78 is 53.0. The van der Waals surface area contributed by atoms with Gasteiger partial charge in [-0.25, -0.2) is 4.98 Å². The summed E-state index contributed by atoms with van der Waals surface area (Å²) in [7, 11) is 1.37. The van der Waals surface area contributed by atoms with Crippen molar-refractivity contribution < 1.29 is 22.3 Å². The average Bonchev–Trinajstić information content (AvgIpc) is 3.40. The van der Waals surface area contributed by atoms with Crippen LogP contribution in [0, 0.1) is 0 Å². The molecule has 2 atom stereocenters. The third-order valence-electron chi connectivity index (χ3n) is 5.47. The molecule has 2 aromatic heterocycles. The second kappa shape index (κ2) is 6.96. The van der Waals surface area contributed by atoms with Crippen LogP contribution in [-0.4, -0.2) is 42.3 Å². The fourth-order valence-electron chi connectivity index (χ4n) is 4.31. The highest BCUT2D eigenvalue weighted by atomic mass is 32.1. The highest BCUT2D eigenvalue weighted by Gasteiger charge is 2.40. The van der Waals surface area contributed by atoms with Gasteiger partial charge in [0.15, 0.2) is 5.58 Å². The number of halogens is 3. The quantitative estimate of drug-likeness (QED) is 0.682. The second-order valence-corrected chi connectivity index (χ2v) is 8.34. The molecule has 0 amide bonds. The van der Waals surface area contributed by atoms with Gasteiger partial charge in [-0.1, -0.05) is 0 Å². The van der Waals surface area contributed by atoms with Gasteiger partial charge in [0.05, 0.1) is 17.7 Å². The molecule has 2 unspecified atom stereocenters. The Balaban J connectivity index is 1.71. The van der Waals surface area contributed by atoms with Gasteiger partial charge in [-0.05, 0) is 24.5 Å². The molecule has 0 saturated carbocycles. The van der Waals surface area contributed by atoms with E-state index in [1.54, 1.807) is 11.6 Å². The van der Waals surface area contributed by atoms with Gasteiger partial charge in [0.2, 0.25) is 0 Å². The van der Waals surface area contributed by atoms with Crippen LogP contribution in [0.4, 0.5) is 19.2 Å². The Morgan fingerprint density at radius 1 is 1.31 bits per heavy atom. The first-order valence-electron chi connectivity index (χ1n) is 9.37. The number of benzene rings is 1. The Kier molecular flexibility index (Phi) is 4.52. The smallest absolute Gasteiger partial charge is 0.418 e. The van der Waals surface area contributed by atoms with Crippen LogP contribution >= 0.6 is 11.3 Å². The topological polar surface area (TPSA) is 63.4 Å². The molecule has 0 spiro atoms. The molecule has 0 aliphatic carbocycles. The molecule has 1 aromatic carbocycles. The summed E-state index contributed by atoms with van der Waals surface area (Å²) in [5.74, 6) is 0. The van der Waals surface area contributed by atoms with E-state index in [0.717, 1.165) is 12.8 Å². The van der Waals surface area contributed by atoms with Crippen molar-refractivity contribution in [2.24, 2.45) is 0 Å². The maximum atomic E-state index is 14.0. The minimum absolute atomic E-state index is 0.0259. The molecule has 1 N–H and O–H groups in total. The lowest BCUT2D eigenvalue weighted by atomic mass is 10.0. The molecule has 2 saturated heterocycles. The van der Waals surface area contributed by atoms with Crippen molar-refractivity contribution in [3.8, 4) is 10.6 Å². The van der Waals surface area contributed by atoms with Crippen molar-refractivity contribution in [2.75, 3.05) is 25.1 Å². The summed E-state index contributed by atoms with van der Waals surface area (Å²) in [5, 5.41) is 5.87. The van der Waals surface area contributed by atoms with Crippen LogP contribution in [0.15, 0.2) is 22.1 Å². The molecule has 10 heteroatoms. The van der Waals surface area contributed by atoms with E-state index >= 15 is 0 Å². The second-order valence-electron chi connectivity index (χ2n) is 7.44. The minimum Gasteiger partial charge on any atom is -0.423 e. The van der Waals surface area contributed by atoms with Crippen molar-refractivity contribution in [2.45, 2.75) is 37.7 Å². The van der Waals surface area contributed by atoms with Gasteiger partial charge < -0.3 is 19.4 Å². The number of alkyl halides is 3. The first-order chi connectivity index (χ1) is 13.9. The summed E-state index contributed by atoms with van der Waals surface area (Å²) in [5.41, 5.74) is -0.335. The zero-order valence-electron chi connectivity index (χ0n) is 15.6. The van der Waals surface area contributed by atoms with E-state index in [9.17, 15) is 13.2 Å². The van der Waals surface area contributed by atoms with Gasteiger partial charge in [-0.3, -0.25) is 0 Å². The lowest BCUT2D eigenvalue weighted by Crippen LogP contribution is -2.51. The Morgan fingerprint density at radius 2 is 2.07 bits per heavy atom. The van der Waals surface area contributed by atoms with Gasteiger partial charge in [-0.15, -0.1) is 11.3 Å². The Bertz CT molecular complexity index is 1020. The Labute approximate surface area is 168 Å². The van der Waals surface area contributed by atoms with Crippen LogP contribution in [0.2, 0.25) is 0 Å². The SMILES string of the molecule is COCc1cc(-c2nccs2)c2oc(N3CC4CCC(C3)N4)nc2c1C(F)(F)F. The molecule has 154 valence electrons. The largest absolute Gasteiger partial charge is 0.423 e. The Hall–Kier alpha value is -2.17.